The summed E-state index contributed by atoms with van der Waals surface area (Å²) in [6.45, 7) is 3.21. The van der Waals surface area contributed by atoms with Gasteiger partial charge in [-0.1, -0.05) is 12.1 Å². The first kappa shape index (κ1) is 16.4. The van der Waals surface area contributed by atoms with E-state index in [9.17, 15) is 14.0 Å². The van der Waals surface area contributed by atoms with Crippen molar-refractivity contribution in [3.05, 3.63) is 35.6 Å². The number of benzene rings is 1. The lowest BCUT2D eigenvalue weighted by Gasteiger charge is -2.36. The number of nitrogens with zero attached hydrogens (tertiary/aromatic N) is 1. The predicted octanol–water partition coefficient (Wildman–Crippen LogP) is 1.04. The highest BCUT2D eigenvalue weighted by Crippen LogP contribution is 2.23. The zero-order valence-corrected chi connectivity index (χ0v) is 12.6. The van der Waals surface area contributed by atoms with Crippen LogP contribution in [0.3, 0.4) is 0 Å². The van der Waals surface area contributed by atoms with Crippen LogP contribution in [0.5, 0.6) is 0 Å². The summed E-state index contributed by atoms with van der Waals surface area (Å²) in [6, 6.07) is 5.23. The van der Waals surface area contributed by atoms with Crippen LogP contribution in [0.4, 0.5) is 9.18 Å². The summed E-state index contributed by atoms with van der Waals surface area (Å²) in [4.78, 5) is 25.1. The largest absolute Gasteiger partial charge is 0.371 e. The van der Waals surface area contributed by atoms with E-state index in [-0.39, 0.29) is 17.8 Å². The average molecular weight is 309 g/mol. The highest BCUT2D eigenvalue weighted by molar-refractivity contribution is 5.96. The monoisotopic (exact) mass is 309 g/mol. The normalized spacial score (nSPS) is 20.2. The number of nitrogens with one attached hydrogen (secondary N) is 2. The second-order valence-corrected chi connectivity index (χ2v) is 5.15. The Morgan fingerprint density at radius 2 is 2.23 bits per heavy atom. The van der Waals surface area contributed by atoms with Crippen LogP contribution in [0, 0.1) is 5.82 Å². The van der Waals surface area contributed by atoms with E-state index in [1.165, 1.54) is 19.2 Å². The molecule has 3 amide bonds. The van der Waals surface area contributed by atoms with Crippen LogP contribution in [0.25, 0.3) is 0 Å². The average Bonchev–Trinajstić information content (AvgIpc) is 2.54. The Morgan fingerprint density at radius 1 is 1.45 bits per heavy atom. The van der Waals surface area contributed by atoms with Crippen LogP contribution in [-0.4, -0.2) is 49.6 Å². The van der Waals surface area contributed by atoms with Crippen LogP contribution in [0.1, 0.15) is 18.6 Å². The SMILES string of the molecule is CNC(=O)NC(=O)C(C)N1CCOC(c2cccc(F)c2)C1. The second-order valence-electron chi connectivity index (χ2n) is 5.15. The molecule has 0 radical (unpaired) electrons. The fourth-order valence-corrected chi connectivity index (χ4v) is 2.37. The smallest absolute Gasteiger partial charge is 0.321 e. The summed E-state index contributed by atoms with van der Waals surface area (Å²) >= 11 is 0. The molecule has 2 atom stereocenters. The number of rotatable bonds is 3. The van der Waals surface area contributed by atoms with Gasteiger partial charge in [-0.2, -0.15) is 0 Å². The highest BCUT2D eigenvalue weighted by atomic mass is 19.1. The molecule has 1 aromatic rings. The Hall–Kier alpha value is -1.99. The van der Waals surface area contributed by atoms with Gasteiger partial charge in [0.05, 0.1) is 18.8 Å². The maximum absolute atomic E-state index is 13.3. The predicted molar refractivity (Wildman–Crippen MR) is 78.7 cm³/mol. The maximum Gasteiger partial charge on any atom is 0.321 e. The van der Waals surface area contributed by atoms with E-state index in [1.807, 2.05) is 4.90 Å². The topological polar surface area (TPSA) is 70.7 Å². The Morgan fingerprint density at radius 3 is 2.91 bits per heavy atom. The molecule has 1 aliphatic heterocycles. The van der Waals surface area contributed by atoms with Gasteiger partial charge in [-0.15, -0.1) is 0 Å². The van der Waals surface area contributed by atoms with Gasteiger partial charge >= 0.3 is 6.03 Å². The number of ether oxygens (including phenoxy) is 1. The lowest BCUT2D eigenvalue weighted by atomic mass is 10.1. The molecule has 0 aromatic heterocycles. The number of carbonyl (C=O) groups excluding carboxylic acids is 2. The molecule has 120 valence electrons. The first-order valence-electron chi connectivity index (χ1n) is 7.15. The van der Waals surface area contributed by atoms with Crippen LogP contribution in [-0.2, 0) is 9.53 Å². The van der Waals surface area contributed by atoms with Gasteiger partial charge in [0.1, 0.15) is 5.82 Å². The van der Waals surface area contributed by atoms with Gasteiger partial charge in [0.2, 0.25) is 5.91 Å². The molecule has 2 N–H and O–H groups in total. The summed E-state index contributed by atoms with van der Waals surface area (Å²) in [6.07, 6.45) is -0.292. The van der Waals surface area contributed by atoms with Crippen molar-refractivity contribution >= 4 is 11.9 Å². The van der Waals surface area contributed by atoms with Crippen molar-refractivity contribution in [2.75, 3.05) is 26.7 Å². The first-order valence-corrected chi connectivity index (χ1v) is 7.15. The van der Waals surface area contributed by atoms with Crippen LogP contribution < -0.4 is 10.6 Å². The second kappa shape index (κ2) is 7.33. The number of hydrogen-bond donors (Lipinski definition) is 2. The van der Waals surface area contributed by atoms with Gasteiger partial charge < -0.3 is 10.1 Å². The van der Waals surface area contributed by atoms with Gasteiger partial charge in [0.15, 0.2) is 0 Å². The molecule has 0 aliphatic carbocycles. The third kappa shape index (κ3) is 4.02. The molecule has 2 unspecified atom stereocenters. The molecular weight excluding hydrogens is 289 g/mol. The molecular formula is C15H20FN3O3. The van der Waals surface area contributed by atoms with E-state index in [0.29, 0.717) is 19.7 Å². The van der Waals surface area contributed by atoms with Gasteiger partial charge in [0, 0.05) is 20.1 Å². The van der Waals surface area contributed by atoms with Gasteiger partial charge in [0.25, 0.3) is 0 Å². The number of halogens is 1. The van der Waals surface area contributed by atoms with Crippen LogP contribution in [0.2, 0.25) is 0 Å². The van der Waals surface area contributed by atoms with E-state index in [4.69, 9.17) is 4.74 Å². The van der Waals surface area contributed by atoms with E-state index < -0.39 is 12.1 Å². The summed E-state index contributed by atoms with van der Waals surface area (Å²) in [5.41, 5.74) is 0.739. The molecule has 22 heavy (non-hydrogen) atoms. The lowest BCUT2D eigenvalue weighted by Crippen LogP contribution is -2.52. The fourth-order valence-electron chi connectivity index (χ4n) is 2.37. The molecule has 1 heterocycles. The van der Waals surface area contributed by atoms with Gasteiger partial charge in [-0.25, -0.2) is 9.18 Å². The van der Waals surface area contributed by atoms with Gasteiger partial charge in [-0.3, -0.25) is 15.0 Å². The molecule has 7 heteroatoms. The Bertz CT molecular complexity index is 553. The highest BCUT2D eigenvalue weighted by Gasteiger charge is 2.29. The Balaban J connectivity index is 2.00. The molecule has 0 bridgehead atoms. The lowest BCUT2D eigenvalue weighted by molar-refractivity contribution is -0.128. The molecule has 1 aromatic carbocycles. The molecule has 1 fully saturated rings. The summed E-state index contributed by atoms with van der Waals surface area (Å²) < 4.78 is 19.0. The first-order chi connectivity index (χ1) is 10.5. The van der Waals surface area contributed by atoms with E-state index in [1.54, 1.807) is 19.1 Å². The number of urea groups is 1. The minimum Gasteiger partial charge on any atom is -0.371 e. The van der Waals surface area contributed by atoms with Crippen molar-refractivity contribution in [1.29, 1.82) is 0 Å². The zero-order valence-electron chi connectivity index (χ0n) is 12.6. The number of imide groups is 1. The Labute approximate surface area is 128 Å². The van der Waals surface area contributed by atoms with Crippen molar-refractivity contribution in [2.45, 2.75) is 19.1 Å². The number of carbonyl (C=O) groups is 2. The van der Waals surface area contributed by atoms with E-state index in [2.05, 4.69) is 10.6 Å². The zero-order chi connectivity index (χ0) is 16.1. The van der Waals surface area contributed by atoms with E-state index in [0.717, 1.165) is 5.56 Å². The van der Waals surface area contributed by atoms with E-state index >= 15 is 0 Å². The van der Waals surface area contributed by atoms with Crippen molar-refractivity contribution in [2.24, 2.45) is 0 Å². The minimum atomic E-state index is -0.535. The quantitative estimate of drug-likeness (QED) is 0.875. The van der Waals surface area contributed by atoms with Gasteiger partial charge in [-0.05, 0) is 24.6 Å². The number of amides is 3. The van der Waals surface area contributed by atoms with Crippen molar-refractivity contribution in [1.82, 2.24) is 15.5 Å². The standard InChI is InChI=1S/C15H20FN3O3/c1-10(14(20)18-15(21)17-2)19-6-7-22-13(9-19)11-4-3-5-12(16)8-11/h3-5,8,10,13H,6-7,9H2,1-2H3,(H2,17,18,20,21). The molecule has 1 saturated heterocycles. The third-order valence-corrected chi connectivity index (χ3v) is 3.71. The molecule has 6 nitrogen and oxygen atoms in total. The molecule has 2 rings (SSSR count). The third-order valence-electron chi connectivity index (χ3n) is 3.71. The Kier molecular flexibility index (Phi) is 5.46. The molecule has 0 spiro atoms. The van der Waals surface area contributed by atoms with Crippen molar-refractivity contribution in [3.8, 4) is 0 Å². The summed E-state index contributed by atoms with van der Waals surface area (Å²) in [5, 5.41) is 4.60. The van der Waals surface area contributed by atoms with Crippen molar-refractivity contribution < 1.29 is 18.7 Å². The fraction of sp³-hybridized carbons (Fsp3) is 0.467. The maximum atomic E-state index is 13.3. The minimum absolute atomic E-state index is 0.292. The van der Waals surface area contributed by atoms with Crippen LogP contribution >= 0.6 is 0 Å². The molecule has 1 aliphatic rings. The number of morpholine rings is 1. The van der Waals surface area contributed by atoms with Crippen molar-refractivity contribution in [3.63, 3.8) is 0 Å². The summed E-state index contributed by atoms with van der Waals surface area (Å²) in [5.74, 6) is -0.692. The summed E-state index contributed by atoms with van der Waals surface area (Å²) in [7, 11) is 1.45. The van der Waals surface area contributed by atoms with Crippen LogP contribution in [0.15, 0.2) is 24.3 Å². The number of hydrogen-bond acceptors (Lipinski definition) is 4. The molecule has 0 saturated carbocycles.